The lowest BCUT2D eigenvalue weighted by atomic mass is 9.89. The molecule has 0 bridgehead atoms. The molecule has 0 radical (unpaired) electrons. The Labute approximate surface area is 138 Å². The fraction of sp³-hybridized carbons (Fsp3) is 0.333. The molecule has 6 heteroatoms. The van der Waals surface area contributed by atoms with Gasteiger partial charge < -0.3 is 14.5 Å². The second kappa shape index (κ2) is 6.13. The number of nitrogens with one attached hydrogen (secondary N) is 1. The number of aromatic nitrogens is 2. The van der Waals surface area contributed by atoms with Gasteiger partial charge in [-0.05, 0) is 49.5 Å². The summed E-state index contributed by atoms with van der Waals surface area (Å²) in [5, 5.41) is 10.5. The Balaban J connectivity index is 1.43. The maximum atomic E-state index is 11.5. The fourth-order valence-electron chi connectivity index (χ4n) is 3.46. The molecule has 124 valence electrons. The molecular formula is C18H19N3O3. The summed E-state index contributed by atoms with van der Waals surface area (Å²) >= 11 is 0. The number of nitrogens with zero attached hydrogens (tertiary/aromatic N) is 2. The van der Waals surface area contributed by atoms with Crippen molar-refractivity contribution < 1.29 is 9.52 Å². The molecule has 1 aliphatic heterocycles. The van der Waals surface area contributed by atoms with Gasteiger partial charge in [-0.15, -0.1) is 0 Å². The van der Waals surface area contributed by atoms with Crippen molar-refractivity contribution in [1.29, 1.82) is 0 Å². The molecular weight excluding hydrogens is 306 g/mol. The first kappa shape index (κ1) is 15.0. The zero-order chi connectivity index (χ0) is 16.5. The molecule has 2 N–H and O–H groups in total. The molecule has 0 aromatic carbocycles. The van der Waals surface area contributed by atoms with Gasteiger partial charge in [0.05, 0.1) is 6.54 Å². The number of rotatable bonds is 3. The number of H-pyrrole nitrogens is 1. The number of aromatic hydroxyl groups is 1. The van der Waals surface area contributed by atoms with Crippen LogP contribution in [0.3, 0.4) is 0 Å². The molecule has 24 heavy (non-hydrogen) atoms. The quantitative estimate of drug-likeness (QED) is 0.773. The summed E-state index contributed by atoms with van der Waals surface area (Å²) in [6.07, 6.45) is 7.12. The number of hydrogen-bond donors (Lipinski definition) is 2. The monoisotopic (exact) mass is 325 g/mol. The van der Waals surface area contributed by atoms with E-state index in [-0.39, 0.29) is 5.75 Å². The average Bonchev–Trinajstić information content (AvgIpc) is 3.03. The fourth-order valence-corrected chi connectivity index (χ4v) is 3.46. The van der Waals surface area contributed by atoms with Crippen molar-refractivity contribution in [3.05, 3.63) is 58.4 Å². The Kier molecular flexibility index (Phi) is 3.82. The summed E-state index contributed by atoms with van der Waals surface area (Å²) in [5.41, 5.74) is 1.90. The van der Waals surface area contributed by atoms with E-state index in [4.69, 9.17) is 4.42 Å². The van der Waals surface area contributed by atoms with Crippen LogP contribution >= 0.6 is 0 Å². The molecule has 1 aliphatic rings. The van der Waals surface area contributed by atoms with Crippen LogP contribution in [0, 0.1) is 0 Å². The third kappa shape index (κ3) is 2.80. The first-order valence-electron chi connectivity index (χ1n) is 8.16. The average molecular weight is 325 g/mol. The van der Waals surface area contributed by atoms with Gasteiger partial charge in [0.15, 0.2) is 5.75 Å². The molecule has 4 heterocycles. The third-order valence-corrected chi connectivity index (χ3v) is 4.76. The van der Waals surface area contributed by atoms with E-state index in [1.807, 2.05) is 6.07 Å². The lowest BCUT2D eigenvalue weighted by Crippen LogP contribution is -2.32. The summed E-state index contributed by atoms with van der Waals surface area (Å²) in [6, 6.07) is 5.46. The summed E-state index contributed by atoms with van der Waals surface area (Å²) in [7, 11) is 0. The van der Waals surface area contributed by atoms with E-state index in [9.17, 15) is 9.90 Å². The standard InChI is InChI=1S/C18H19N3O3/c22-16-8-13(24-11-17(16)23)10-21-6-3-12(4-7-21)15-9-20-18-14(15)2-1-5-19-18/h1-2,5,8-9,11-12,23H,3-4,6-7,10H2,(H,19,20). The predicted molar refractivity (Wildman–Crippen MR) is 90.0 cm³/mol. The minimum absolute atomic E-state index is 0.342. The summed E-state index contributed by atoms with van der Waals surface area (Å²) in [6.45, 7) is 2.49. The van der Waals surface area contributed by atoms with Gasteiger partial charge in [-0.1, -0.05) is 0 Å². The van der Waals surface area contributed by atoms with Crippen molar-refractivity contribution in [2.75, 3.05) is 13.1 Å². The van der Waals surface area contributed by atoms with Crippen LogP contribution in [-0.2, 0) is 6.54 Å². The van der Waals surface area contributed by atoms with Crippen LogP contribution < -0.4 is 5.43 Å². The highest BCUT2D eigenvalue weighted by atomic mass is 16.4. The molecule has 0 amide bonds. The number of hydrogen-bond acceptors (Lipinski definition) is 5. The Morgan fingerprint density at radius 1 is 1.38 bits per heavy atom. The largest absolute Gasteiger partial charge is 0.502 e. The Bertz CT molecular complexity index is 907. The highest BCUT2D eigenvalue weighted by molar-refractivity contribution is 5.80. The van der Waals surface area contributed by atoms with Crippen LogP contribution in [0.5, 0.6) is 5.75 Å². The molecule has 3 aromatic rings. The van der Waals surface area contributed by atoms with Crippen molar-refractivity contribution in [1.82, 2.24) is 14.9 Å². The molecule has 1 fully saturated rings. The van der Waals surface area contributed by atoms with Crippen LogP contribution in [-0.4, -0.2) is 33.1 Å². The molecule has 0 aliphatic carbocycles. The van der Waals surface area contributed by atoms with Gasteiger partial charge in [0.25, 0.3) is 0 Å². The van der Waals surface area contributed by atoms with E-state index >= 15 is 0 Å². The van der Waals surface area contributed by atoms with E-state index in [1.54, 1.807) is 6.20 Å². The number of pyridine rings is 1. The molecule has 3 aromatic heterocycles. The first-order chi connectivity index (χ1) is 11.7. The van der Waals surface area contributed by atoms with Crippen molar-refractivity contribution in [2.24, 2.45) is 0 Å². The minimum atomic E-state index is -0.391. The van der Waals surface area contributed by atoms with Crippen molar-refractivity contribution in [3.8, 4) is 5.75 Å². The zero-order valence-corrected chi connectivity index (χ0v) is 13.2. The molecule has 0 spiro atoms. The lowest BCUT2D eigenvalue weighted by Gasteiger charge is -2.31. The predicted octanol–water partition coefficient (Wildman–Crippen LogP) is 2.60. The Hall–Kier alpha value is -2.60. The van der Waals surface area contributed by atoms with E-state index in [0.717, 1.165) is 37.8 Å². The Morgan fingerprint density at radius 2 is 2.21 bits per heavy atom. The van der Waals surface area contributed by atoms with E-state index < -0.39 is 5.43 Å². The molecule has 0 saturated carbocycles. The molecule has 0 unspecified atom stereocenters. The van der Waals surface area contributed by atoms with E-state index in [0.29, 0.717) is 18.2 Å². The van der Waals surface area contributed by atoms with E-state index in [2.05, 4.69) is 27.1 Å². The van der Waals surface area contributed by atoms with Gasteiger partial charge in [0, 0.05) is 23.8 Å². The minimum Gasteiger partial charge on any atom is -0.502 e. The topological polar surface area (TPSA) is 82.4 Å². The summed E-state index contributed by atoms with van der Waals surface area (Å²) < 4.78 is 5.29. The summed E-state index contributed by atoms with van der Waals surface area (Å²) in [4.78, 5) is 21.4. The van der Waals surface area contributed by atoms with Gasteiger partial charge in [-0.2, -0.15) is 0 Å². The molecule has 6 nitrogen and oxygen atoms in total. The van der Waals surface area contributed by atoms with Gasteiger partial charge in [-0.25, -0.2) is 4.98 Å². The number of aromatic amines is 1. The SMILES string of the molecule is O=c1cc(CN2CCC(c3c[nH]c4ncccc34)CC2)occ1O. The first-order valence-corrected chi connectivity index (χ1v) is 8.16. The summed E-state index contributed by atoms with van der Waals surface area (Å²) in [5.74, 6) is 0.768. The Morgan fingerprint density at radius 3 is 3.00 bits per heavy atom. The number of likely N-dealkylation sites (tertiary alicyclic amines) is 1. The number of piperidine rings is 1. The highest BCUT2D eigenvalue weighted by Gasteiger charge is 2.23. The lowest BCUT2D eigenvalue weighted by molar-refractivity contribution is 0.189. The molecule has 4 rings (SSSR count). The van der Waals surface area contributed by atoms with Crippen LogP contribution in [0.25, 0.3) is 11.0 Å². The molecule has 1 saturated heterocycles. The van der Waals surface area contributed by atoms with Crippen molar-refractivity contribution in [3.63, 3.8) is 0 Å². The highest BCUT2D eigenvalue weighted by Crippen LogP contribution is 2.32. The van der Waals surface area contributed by atoms with Crippen molar-refractivity contribution in [2.45, 2.75) is 25.3 Å². The normalized spacial score (nSPS) is 16.7. The van der Waals surface area contributed by atoms with E-state index in [1.165, 1.54) is 17.0 Å². The van der Waals surface area contributed by atoms with Crippen molar-refractivity contribution >= 4 is 11.0 Å². The van der Waals surface area contributed by atoms with Crippen LogP contribution in [0.15, 0.2) is 46.1 Å². The number of fused-ring (bicyclic) bond motifs is 1. The van der Waals surface area contributed by atoms with Crippen LogP contribution in [0.1, 0.15) is 30.1 Å². The van der Waals surface area contributed by atoms with Crippen LogP contribution in [0.4, 0.5) is 0 Å². The maximum Gasteiger partial charge on any atom is 0.226 e. The third-order valence-electron chi connectivity index (χ3n) is 4.76. The van der Waals surface area contributed by atoms with Gasteiger partial charge in [0.2, 0.25) is 5.43 Å². The van der Waals surface area contributed by atoms with Crippen LogP contribution in [0.2, 0.25) is 0 Å². The van der Waals surface area contributed by atoms with Gasteiger partial charge in [0.1, 0.15) is 17.7 Å². The molecule has 0 atom stereocenters. The smallest absolute Gasteiger partial charge is 0.226 e. The maximum absolute atomic E-state index is 11.5. The second-order valence-corrected chi connectivity index (χ2v) is 6.29. The van der Waals surface area contributed by atoms with Gasteiger partial charge >= 0.3 is 0 Å². The second-order valence-electron chi connectivity index (χ2n) is 6.29. The zero-order valence-electron chi connectivity index (χ0n) is 13.2. The van der Waals surface area contributed by atoms with Gasteiger partial charge in [-0.3, -0.25) is 9.69 Å².